The predicted molar refractivity (Wildman–Crippen MR) is 86.8 cm³/mol. The zero-order valence-corrected chi connectivity index (χ0v) is 13.0. The van der Waals surface area contributed by atoms with E-state index in [4.69, 9.17) is 0 Å². The average molecular weight is 298 g/mol. The minimum atomic E-state index is -1.06. The van der Waals surface area contributed by atoms with Gasteiger partial charge in [0, 0.05) is 0 Å². The molecule has 22 heavy (non-hydrogen) atoms. The fourth-order valence-electron chi connectivity index (χ4n) is 2.81. The lowest BCUT2D eigenvalue weighted by Crippen LogP contribution is -2.50. The zero-order chi connectivity index (χ0) is 16.2. The molecule has 0 saturated heterocycles. The van der Waals surface area contributed by atoms with Crippen LogP contribution in [-0.2, 0) is 15.6 Å². The summed E-state index contributed by atoms with van der Waals surface area (Å²) in [7, 11) is 0. The van der Waals surface area contributed by atoms with E-state index in [1.54, 1.807) is 13.8 Å². The van der Waals surface area contributed by atoms with E-state index in [1.165, 1.54) is 0 Å². The highest BCUT2D eigenvalue weighted by Gasteiger charge is 2.46. The maximum Gasteiger partial charge on any atom is 0.157 e. The maximum absolute atomic E-state index is 13.2. The van der Waals surface area contributed by atoms with Crippen LogP contribution in [0, 0.1) is 0 Å². The summed E-state index contributed by atoms with van der Waals surface area (Å²) < 4.78 is 0. The maximum atomic E-state index is 13.2. The van der Waals surface area contributed by atoms with Crippen molar-refractivity contribution in [1.82, 2.24) is 0 Å². The van der Waals surface area contributed by atoms with Crippen LogP contribution in [0.2, 0.25) is 0 Å². The van der Waals surface area contributed by atoms with Crippen LogP contribution in [0.25, 0.3) is 0 Å². The third-order valence-corrected chi connectivity index (χ3v) is 4.46. The Morgan fingerprint density at radius 1 is 0.773 bits per heavy atom. The van der Waals surface area contributed by atoms with Crippen molar-refractivity contribution in [1.29, 1.82) is 0 Å². The van der Waals surface area contributed by atoms with Gasteiger partial charge in [0.25, 0.3) is 0 Å². The van der Waals surface area contributed by atoms with Gasteiger partial charge in [-0.25, -0.2) is 0 Å². The molecule has 0 fully saturated rings. The van der Waals surface area contributed by atoms with Crippen LogP contribution >= 0.6 is 0 Å². The van der Waals surface area contributed by atoms with E-state index in [-0.39, 0.29) is 19.0 Å². The first kappa shape index (κ1) is 16.4. The fraction of sp³-hybridized carbons (Fsp3) is 0.316. The molecule has 0 heterocycles. The van der Waals surface area contributed by atoms with Gasteiger partial charge in [0.1, 0.15) is 0 Å². The van der Waals surface area contributed by atoms with Crippen LogP contribution in [0.15, 0.2) is 60.7 Å². The SMILES string of the molecule is CC(CO)(C(=O)C(C)(CO)c1ccccc1)c1ccccc1. The molecule has 0 aliphatic rings. The first-order valence-electron chi connectivity index (χ1n) is 7.37. The highest BCUT2D eigenvalue weighted by Crippen LogP contribution is 2.35. The molecule has 2 unspecified atom stereocenters. The lowest BCUT2D eigenvalue weighted by molar-refractivity contribution is -0.132. The molecule has 3 heteroatoms. The molecule has 3 nitrogen and oxygen atoms in total. The summed E-state index contributed by atoms with van der Waals surface area (Å²) in [5.74, 6) is -0.192. The summed E-state index contributed by atoms with van der Waals surface area (Å²) in [6.07, 6.45) is 0. The van der Waals surface area contributed by atoms with E-state index in [2.05, 4.69) is 0 Å². The van der Waals surface area contributed by atoms with Crippen molar-refractivity contribution in [3.63, 3.8) is 0 Å². The number of hydrogen-bond donors (Lipinski definition) is 2. The first-order valence-corrected chi connectivity index (χ1v) is 7.37. The van der Waals surface area contributed by atoms with E-state index in [1.807, 2.05) is 60.7 Å². The molecule has 0 aliphatic heterocycles. The second-order valence-corrected chi connectivity index (χ2v) is 6.04. The molecule has 2 aromatic carbocycles. The van der Waals surface area contributed by atoms with Gasteiger partial charge in [-0.1, -0.05) is 60.7 Å². The third-order valence-electron chi connectivity index (χ3n) is 4.46. The van der Waals surface area contributed by atoms with Crippen molar-refractivity contribution in [3.05, 3.63) is 71.8 Å². The quantitative estimate of drug-likeness (QED) is 0.861. The average Bonchev–Trinajstić information content (AvgIpc) is 2.61. The number of hydrogen-bond acceptors (Lipinski definition) is 3. The molecular formula is C19H22O3. The topological polar surface area (TPSA) is 57.5 Å². The number of ketones is 1. The summed E-state index contributed by atoms with van der Waals surface area (Å²) in [5, 5.41) is 19.8. The Labute approximate surface area is 131 Å². The lowest BCUT2D eigenvalue weighted by atomic mass is 9.66. The number of aliphatic hydroxyl groups excluding tert-OH is 2. The molecule has 0 aliphatic carbocycles. The Kier molecular flexibility index (Phi) is 4.79. The van der Waals surface area contributed by atoms with Crippen molar-refractivity contribution in [3.8, 4) is 0 Å². The monoisotopic (exact) mass is 298 g/mol. The summed E-state index contributed by atoms with van der Waals surface area (Å²) >= 11 is 0. The van der Waals surface area contributed by atoms with Crippen LogP contribution in [0.5, 0.6) is 0 Å². The Morgan fingerprint density at radius 3 is 1.36 bits per heavy atom. The lowest BCUT2D eigenvalue weighted by Gasteiger charge is -2.36. The van der Waals surface area contributed by atoms with Crippen molar-refractivity contribution in [2.24, 2.45) is 0 Å². The second-order valence-electron chi connectivity index (χ2n) is 6.04. The van der Waals surface area contributed by atoms with Crippen molar-refractivity contribution in [2.75, 3.05) is 13.2 Å². The van der Waals surface area contributed by atoms with Crippen LogP contribution in [0.3, 0.4) is 0 Å². The standard InChI is InChI=1S/C19H22O3/c1-18(13-20,15-9-5-3-6-10-15)17(22)19(2,14-21)16-11-7-4-8-12-16/h3-12,20-21H,13-14H2,1-2H3. The minimum Gasteiger partial charge on any atom is -0.395 e. The molecule has 2 rings (SSSR count). The Balaban J connectivity index is 2.51. The van der Waals surface area contributed by atoms with E-state index in [0.29, 0.717) is 0 Å². The highest BCUT2D eigenvalue weighted by molar-refractivity contribution is 5.98. The van der Waals surface area contributed by atoms with E-state index in [9.17, 15) is 15.0 Å². The van der Waals surface area contributed by atoms with Gasteiger partial charge < -0.3 is 10.2 Å². The van der Waals surface area contributed by atoms with E-state index in [0.717, 1.165) is 11.1 Å². The number of aliphatic hydroxyl groups is 2. The molecule has 0 spiro atoms. The molecule has 0 saturated carbocycles. The van der Waals surface area contributed by atoms with Gasteiger partial charge in [-0.05, 0) is 25.0 Å². The minimum absolute atomic E-state index is 0.192. The third kappa shape index (κ3) is 2.70. The van der Waals surface area contributed by atoms with Gasteiger partial charge in [0.05, 0.1) is 24.0 Å². The number of benzene rings is 2. The normalized spacial score (nSPS) is 16.5. The number of carbonyl (C=O) groups is 1. The molecule has 0 radical (unpaired) electrons. The molecule has 2 aromatic rings. The Morgan fingerprint density at radius 2 is 1.09 bits per heavy atom. The molecule has 2 N–H and O–H groups in total. The molecule has 2 atom stereocenters. The van der Waals surface area contributed by atoms with Crippen LogP contribution in [-0.4, -0.2) is 29.2 Å². The summed E-state index contributed by atoms with van der Waals surface area (Å²) in [6, 6.07) is 18.4. The Bertz CT molecular complexity index is 568. The summed E-state index contributed by atoms with van der Waals surface area (Å²) in [6.45, 7) is 2.83. The van der Waals surface area contributed by atoms with Gasteiger partial charge >= 0.3 is 0 Å². The molecule has 0 aromatic heterocycles. The van der Waals surface area contributed by atoms with Crippen molar-refractivity contribution in [2.45, 2.75) is 24.7 Å². The highest BCUT2D eigenvalue weighted by atomic mass is 16.3. The Hall–Kier alpha value is -1.97. The van der Waals surface area contributed by atoms with Gasteiger partial charge in [-0.2, -0.15) is 0 Å². The van der Waals surface area contributed by atoms with Gasteiger partial charge in [0.2, 0.25) is 0 Å². The van der Waals surface area contributed by atoms with Crippen molar-refractivity contribution >= 4 is 5.78 Å². The van der Waals surface area contributed by atoms with E-state index < -0.39 is 10.8 Å². The summed E-state index contributed by atoms with van der Waals surface area (Å²) in [5.41, 5.74) is -0.625. The predicted octanol–water partition coefficient (Wildman–Crippen LogP) is 2.46. The zero-order valence-electron chi connectivity index (χ0n) is 13.0. The van der Waals surface area contributed by atoms with Gasteiger partial charge in [0.15, 0.2) is 5.78 Å². The number of carbonyl (C=O) groups excluding carboxylic acids is 1. The number of Topliss-reactive ketones (excluding diaryl/α,β-unsaturated/α-hetero) is 1. The van der Waals surface area contributed by atoms with Crippen LogP contribution < -0.4 is 0 Å². The first-order chi connectivity index (χ1) is 10.5. The van der Waals surface area contributed by atoms with Gasteiger partial charge in [-0.3, -0.25) is 4.79 Å². The fourth-order valence-corrected chi connectivity index (χ4v) is 2.81. The van der Waals surface area contributed by atoms with Gasteiger partial charge in [-0.15, -0.1) is 0 Å². The molecule has 0 bridgehead atoms. The largest absolute Gasteiger partial charge is 0.395 e. The number of rotatable bonds is 6. The van der Waals surface area contributed by atoms with E-state index >= 15 is 0 Å². The molecule has 116 valence electrons. The van der Waals surface area contributed by atoms with Crippen LogP contribution in [0.4, 0.5) is 0 Å². The summed E-state index contributed by atoms with van der Waals surface area (Å²) in [4.78, 5) is 13.2. The molecular weight excluding hydrogens is 276 g/mol. The van der Waals surface area contributed by atoms with Crippen molar-refractivity contribution < 1.29 is 15.0 Å². The molecule has 0 amide bonds. The van der Waals surface area contributed by atoms with Crippen LogP contribution in [0.1, 0.15) is 25.0 Å². The smallest absolute Gasteiger partial charge is 0.157 e. The second kappa shape index (κ2) is 6.42.